The Hall–Kier alpha value is -2.37. The largest absolute Gasteiger partial charge is 0.394 e. The monoisotopic (exact) mass is 1120 g/mol. The summed E-state index contributed by atoms with van der Waals surface area (Å²) in [6.07, 6.45) is 77.2. The third-order valence-electron chi connectivity index (χ3n) is 16.0. The summed E-state index contributed by atoms with van der Waals surface area (Å²) in [5, 5.41) is 54.7. The molecule has 6 N–H and O–H groups in total. The lowest BCUT2D eigenvalue weighted by atomic mass is 9.99. The molecule has 1 heterocycles. The second-order valence-electron chi connectivity index (χ2n) is 23.6. The van der Waals surface area contributed by atoms with Gasteiger partial charge < -0.3 is 40.3 Å². The van der Waals surface area contributed by atoms with Gasteiger partial charge in [0.05, 0.1) is 25.4 Å². The molecule has 7 atom stereocenters. The number of ether oxygens (including phenoxy) is 2. The Labute approximate surface area is 493 Å². The van der Waals surface area contributed by atoms with Crippen molar-refractivity contribution in [1.82, 2.24) is 5.32 Å². The Morgan fingerprint density at radius 3 is 1.20 bits per heavy atom. The van der Waals surface area contributed by atoms with E-state index in [1.165, 1.54) is 231 Å². The Bertz CT molecular complexity index is 1490. The van der Waals surface area contributed by atoms with Crippen molar-refractivity contribution in [3.8, 4) is 0 Å². The molecule has 0 spiro atoms. The predicted molar refractivity (Wildman–Crippen MR) is 341 cm³/mol. The van der Waals surface area contributed by atoms with E-state index in [1.807, 2.05) is 6.08 Å². The summed E-state index contributed by atoms with van der Waals surface area (Å²) in [6, 6.07) is -0.825. The highest BCUT2D eigenvalue weighted by Crippen LogP contribution is 2.23. The number of unbranched alkanes of at least 4 members (excludes halogenated alkanes) is 39. The molecule has 0 aromatic heterocycles. The number of rotatable bonds is 59. The maximum absolute atomic E-state index is 13.1. The Morgan fingerprint density at radius 2 is 0.787 bits per heavy atom. The zero-order valence-electron chi connectivity index (χ0n) is 52.1. The van der Waals surface area contributed by atoms with Crippen molar-refractivity contribution in [3.05, 3.63) is 72.9 Å². The number of carbonyl (C=O) groups is 1. The zero-order chi connectivity index (χ0) is 57.9. The Kier molecular flexibility index (Phi) is 56.5. The lowest BCUT2D eigenvalue weighted by Crippen LogP contribution is -2.60. The summed E-state index contributed by atoms with van der Waals surface area (Å²) in [5.41, 5.74) is 0. The van der Waals surface area contributed by atoms with Crippen LogP contribution in [0.2, 0.25) is 0 Å². The van der Waals surface area contributed by atoms with Crippen molar-refractivity contribution >= 4 is 5.91 Å². The molecule has 1 amide bonds. The van der Waals surface area contributed by atoms with Gasteiger partial charge in [0.2, 0.25) is 5.91 Å². The van der Waals surface area contributed by atoms with Crippen LogP contribution >= 0.6 is 0 Å². The Balaban J connectivity index is 2.15. The second-order valence-corrected chi connectivity index (χ2v) is 23.6. The van der Waals surface area contributed by atoms with Crippen LogP contribution in [-0.2, 0) is 14.3 Å². The van der Waals surface area contributed by atoms with Gasteiger partial charge in [0.15, 0.2) is 6.29 Å². The number of amides is 1. The maximum Gasteiger partial charge on any atom is 0.220 e. The van der Waals surface area contributed by atoms with Crippen LogP contribution in [0.15, 0.2) is 72.9 Å². The van der Waals surface area contributed by atoms with Crippen molar-refractivity contribution in [2.75, 3.05) is 13.2 Å². The fourth-order valence-electron chi connectivity index (χ4n) is 10.7. The number of aliphatic hydroxyl groups excluding tert-OH is 5. The first kappa shape index (κ1) is 75.6. The first-order valence-corrected chi connectivity index (χ1v) is 34.2. The van der Waals surface area contributed by atoms with E-state index in [0.717, 1.165) is 64.2 Å². The molecule has 1 aliphatic rings. The third-order valence-corrected chi connectivity index (χ3v) is 16.0. The average Bonchev–Trinajstić information content (AvgIpc) is 3.46. The standard InChI is InChI=1S/C71H129NO8/c1-3-5-7-9-11-13-15-17-19-21-23-25-27-29-31-32-33-34-35-37-39-41-43-45-47-49-51-53-55-57-59-61-67(75)72-64(63-79-71-70(78)69(77)68(76)66(62-73)80-71)65(74)60-58-56-54-52-50-48-46-44-42-40-38-36-30-28-26-24-22-20-18-16-14-12-10-8-6-4-2/h5,7,11,13,17,19,23,25,50,52,58,60,64-66,68-71,73-74,76-78H,3-4,6,8-10,12,14-16,18,20-22,24,26-49,51,53-57,59,61-63H2,1-2H3,(H,72,75)/b7-5-,13-11-,19-17-,25-23-,52-50+,60-58+. The van der Waals surface area contributed by atoms with E-state index in [0.29, 0.717) is 6.42 Å². The lowest BCUT2D eigenvalue weighted by Gasteiger charge is -2.40. The van der Waals surface area contributed by atoms with Crippen molar-refractivity contribution in [2.24, 2.45) is 0 Å². The molecule has 466 valence electrons. The molecule has 0 saturated carbocycles. The number of nitrogens with one attached hydrogen (secondary N) is 1. The van der Waals surface area contributed by atoms with E-state index in [-0.39, 0.29) is 12.5 Å². The summed E-state index contributed by atoms with van der Waals surface area (Å²) in [5.74, 6) is -0.183. The highest BCUT2D eigenvalue weighted by molar-refractivity contribution is 5.76. The predicted octanol–water partition coefficient (Wildman–Crippen LogP) is 18.4. The molecule has 0 aliphatic carbocycles. The van der Waals surface area contributed by atoms with Crippen molar-refractivity contribution < 1.29 is 39.8 Å². The fourth-order valence-corrected chi connectivity index (χ4v) is 10.7. The molecular weight excluding hydrogens is 995 g/mol. The van der Waals surface area contributed by atoms with Crippen LogP contribution in [0.1, 0.15) is 316 Å². The molecule has 1 rings (SSSR count). The third kappa shape index (κ3) is 48.0. The van der Waals surface area contributed by atoms with E-state index < -0.39 is 49.5 Å². The molecule has 80 heavy (non-hydrogen) atoms. The van der Waals surface area contributed by atoms with Crippen LogP contribution in [0.4, 0.5) is 0 Å². The van der Waals surface area contributed by atoms with Crippen LogP contribution in [0.5, 0.6) is 0 Å². The fraction of sp³-hybridized carbons (Fsp3) is 0.817. The highest BCUT2D eigenvalue weighted by Gasteiger charge is 2.44. The summed E-state index contributed by atoms with van der Waals surface area (Å²) >= 11 is 0. The first-order valence-electron chi connectivity index (χ1n) is 34.2. The molecule has 9 nitrogen and oxygen atoms in total. The molecule has 0 aromatic carbocycles. The molecule has 1 aliphatic heterocycles. The topological polar surface area (TPSA) is 149 Å². The zero-order valence-corrected chi connectivity index (χ0v) is 52.1. The van der Waals surface area contributed by atoms with E-state index in [1.54, 1.807) is 6.08 Å². The summed E-state index contributed by atoms with van der Waals surface area (Å²) in [6.45, 7) is 3.69. The molecule has 1 saturated heterocycles. The molecule has 0 bridgehead atoms. The smallest absolute Gasteiger partial charge is 0.220 e. The van der Waals surface area contributed by atoms with E-state index >= 15 is 0 Å². The minimum absolute atomic E-state index is 0.183. The van der Waals surface area contributed by atoms with Crippen LogP contribution < -0.4 is 5.32 Å². The van der Waals surface area contributed by atoms with Gasteiger partial charge in [-0.25, -0.2) is 0 Å². The van der Waals surface area contributed by atoms with Crippen molar-refractivity contribution in [1.29, 1.82) is 0 Å². The van der Waals surface area contributed by atoms with Gasteiger partial charge in [-0.2, -0.15) is 0 Å². The second kappa shape index (κ2) is 59.8. The van der Waals surface area contributed by atoms with Crippen LogP contribution in [0.3, 0.4) is 0 Å². The number of allylic oxidation sites excluding steroid dienone is 11. The molecule has 1 fully saturated rings. The van der Waals surface area contributed by atoms with Gasteiger partial charge in [0, 0.05) is 6.42 Å². The molecule has 0 radical (unpaired) electrons. The molecule has 9 heteroatoms. The van der Waals surface area contributed by atoms with Gasteiger partial charge in [-0.1, -0.05) is 311 Å². The van der Waals surface area contributed by atoms with Crippen LogP contribution in [-0.4, -0.2) is 87.5 Å². The van der Waals surface area contributed by atoms with Crippen molar-refractivity contribution in [3.63, 3.8) is 0 Å². The minimum atomic E-state index is -1.57. The van der Waals surface area contributed by atoms with Gasteiger partial charge in [0.25, 0.3) is 0 Å². The summed E-state index contributed by atoms with van der Waals surface area (Å²) in [7, 11) is 0. The van der Waals surface area contributed by atoms with E-state index in [2.05, 4.69) is 79.9 Å². The number of carbonyl (C=O) groups excluding carboxylic acids is 1. The first-order chi connectivity index (χ1) is 39.3. The summed E-state index contributed by atoms with van der Waals surface area (Å²) in [4.78, 5) is 13.1. The van der Waals surface area contributed by atoms with Gasteiger partial charge >= 0.3 is 0 Å². The lowest BCUT2D eigenvalue weighted by molar-refractivity contribution is -0.302. The van der Waals surface area contributed by atoms with Crippen molar-refractivity contribution in [2.45, 2.75) is 358 Å². The van der Waals surface area contributed by atoms with Crippen LogP contribution in [0, 0.1) is 0 Å². The minimum Gasteiger partial charge on any atom is -0.394 e. The van der Waals surface area contributed by atoms with Gasteiger partial charge in [0.1, 0.15) is 24.4 Å². The average molecular weight is 1120 g/mol. The van der Waals surface area contributed by atoms with Gasteiger partial charge in [-0.15, -0.1) is 0 Å². The van der Waals surface area contributed by atoms with Crippen LogP contribution in [0.25, 0.3) is 0 Å². The SMILES string of the molecule is CC/C=C\C/C=C\C/C=C\C/C=C\CCCCCCCCCCCCCCCCCCCCC(=O)NC(COC1OC(CO)C(O)C(O)C1O)C(O)/C=C/CC/C=C/CCCCCCCCCCCCCCCCCCCCCC. The van der Waals surface area contributed by atoms with Gasteiger partial charge in [-0.3, -0.25) is 4.79 Å². The highest BCUT2D eigenvalue weighted by atomic mass is 16.7. The van der Waals surface area contributed by atoms with E-state index in [9.17, 15) is 30.3 Å². The molecule has 0 aromatic rings. The Morgan fingerprint density at radius 1 is 0.438 bits per heavy atom. The molecule has 7 unspecified atom stereocenters. The maximum atomic E-state index is 13.1. The van der Waals surface area contributed by atoms with Gasteiger partial charge in [-0.05, 0) is 70.6 Å². The summed E-state index contributed by atoms with van der Waals surface area (Å²) < 4.78 is 11.3. The number of aliphatic hydroxyl groups is 5. The molecular formula is C71H129NO8. The number of hydrogen-bond donors (Lipinski definition) is 6. The normalized spacial score (nSPS) is 18.9. The number of hydrogen-bond acceptors (Lipinski definition) is 8. The van der Waals surface area contributed by atoms with E-state index in [4.69, 9.17) is 9.47 Å². The quantitative estimate of drug-likeness (QED) is 0.0261.